The van der Waals surface area contributed by atoms with Gasteiger partial charge in [-0.05, 0) is 40.2 Å². The maximum Gasteiger partial charge on any atom is 0.251 e. The second-order valence-electron chi connectivity index (χ2n) is 4.28. The van der Waals surface area contributed by atoms with Crippen LogP contribution in [0.1, 0.15) is 11.6 Å². The van der Waals surface area contributed by atoms with Crippen molar-refractivity contribution in [2.24, 2.45) is 0 Å². The van der Waals surface area contributed by atoms with Crippen molar-refractivity contribution in [1.29, 1.82) is 0 Å². The van der Waals surface area contributed by atoms with Crippen molar-refractivity contribution in [2.75, 3.05) is 10.6 Å². The number of carbonyl (C=O) groups is 1. The van der Waals surface area contributed by atoms with Crippen LogP contribution in [0, 0.1) is 0 Å². The number of amides is 1. The average Bonchev–Trinajstić information content (AvgIpc) is 2.68. The Morgan fingerprint density at radius 3 is 2.68 bits per heavy atom. The summed E-state index contributed by atoms with van der Waals surface area (Å²) in [5.74, 6) is -0.0381. The van der Waals surface area contributed by atoms with E-state index in [0.29, 0.717) is 0 Å². The average molecular weight is 382 g/mol. The molecule has 1 aliphatic heterocycles. The molecule has 2 aromatic carbocycles. The first-order valence-corrected chi connectivity index (χ1v) is 7.35. The largest absolute Gasteiger partial charge is 0.369 e. The van der Waals surface area contributed by atoms with Gasteiger partial charge in [0.2, 0.25) is 0 Å². The Bertz CT molecular complexity index is 658. The highest BCUT2D eigenvalue weighted by Gasteiger charge is 2.30. The van der Waals surface area contributed by atoms with Gasteiger partial charge < -0.3 is 10.6 Å². The van der Waals surface area contributed by atoms with Crippen LogP contribution < -0.4 is 10.6 Å². The van der Waals surface area contributed by atoms with Crippen LogP contribution in [-0.2, 0) is 4.79 Å². The van der Waals surface area contributed by atoms with Crippen LogP contribution in [0.15, 0.2) is 51.4 Å². The number of fused-ring (bicyclic) bond motifs is 1. The molecule has 0 spiro atoms. The number of hydrogen-bond donors (Lipinski definition) is 2. The van der Waals surface area contributed by atoms with Gasteiger partial charge in [0.15, 0.2) is 0 Å². The van der Waals surface area contributed by atoms with Crippen LogP contribution in [0.2, 0.25) is 0 Å². The predicted molar refractivity (Wildman–Crippen MR) is 83.3 cm³/mol. The van der Waals surface area contributed by atoms with E-state index in [1.54, 1.807) is 0 Å². The van der Waals surface area contributed by atoms with E-state index in [9.17, 15) is 4.79 Å². The van der Waals surface area contributed by atoms with Crippen molar-refractivity contribution in [3.05, 3.63) is 57.0 Å². The Balaban J connectivity index is 1.95. The van der Waals surface area contributed by atoms with Gasteiger partial charge in [0, 0.05) is 25.9 Å². The van der Waals surface area contributed by atoms with E-state index in [-0.39, 0.29) is 11.9 Å². The lowest BCUT2D eigenvalue weighted by molar-refractivity contribution is -0.116. The van der Waals surface area contributed by atoms with Gasteiger partial charge in [0.05, 0.1) is 0 Å². The van der Waals surface area contributed by atoms with E-state index in [1.807, 2.05) is 42.5 Å². The molecule has 0 radical (unpaired) electrons. The van der Waals surface area contributed by atoms with E-state index in [1.165, 1.54) is 0 Å². The molecule has 0 fully saturated rings. The highest BCUT2D eigenvalue weighted by atomic mass is 79.9. The summed E-state index contributed by atoms with van der Waals surface area (Å²) in [6.45, 7) is 0. The van der Waals surface area contributed by atoms with Crippen molar-refractivity contribution in [2.45, 2.75) is 6.04 Å². The van der Waals surface area contributed by atoms with Gasteiger partial charge in [-0.25, -0.2) is 0 Å². The van der Waals surface area contributed by atoms with Gasteiger partial charge in [0.1, 0.15) is 6.04 Å². The summed E-state index contributed by atoms with van der Waals surface area (Å²) < 4.78 is 1.89. The summed E-state index contributed by atoms with van der Waals surface area (Å²) >= 11 is 6.88. The number of benzene rings is 2. The number of carbonyl (C=O) groups excluding carboxylic acids is 1. The molecule has 0 saturated heterocycles. The third-order valence-corrected chi connectivity index (χ3v) is 4.20. The van der Waals surface area contributed by atoms with Gasteiger partial charge >= 0.3 is 0 Å². The third kappa shape index (κ3) is 2.40. The lowest BCUT2D eigenvalue weighted by Crippen LogP contribution is -2.19. The quantitative estimate of drug-likeness (QED) is 0.813. The van der Waals surface area contributed by atoms with Crippen LogP contribution in [-0.4, -0.2) is 5.91 Å². The monoisotopic (exact) mass is 380 g/mol. The molecule has 0 saturated carbocycles. The zero-order valence-corrected chi connectivity index (χ0v) is 13.0. The highest BCUT2D eigenvalue weighted by molar-refractivity contribution is 9.10. The Hall–Kier alpha value is -1.33. The van der Waals surface area contributed by atoms with Crippen molar-refractivity contribution < 1.29 is 4.79 Å². The molecule has 2 N–H and O–H groups in total. The highest BCUT2D eigenvalue weighted by Crippen LogP contribution is 2.36. The zero-order chi connectivity index (χ0) is 13.4. The topological polar surface area (TPSA) is 41.1 Å². The first-order valence-electron chi connectivity index (χ1n) is 5.76. The third-order valence-electron chi connectivity index (χ3n) is 3.02. The summed E-state index contributed by atoms with van der Waals surface area (Å²) in [6.07, 6.45) is 0. The molecule has 0 aliphatic carbocycles. The Labute approximate surface area is 127 Å². The molecule has 19 heavy (non-hydrogen) atoms. The van der Waals surface area contributed by atoms with Gasteiger partial charge in [-0.2, -0.15) is 0 Å². The molecule has 1 heterocycles. The Morgan fingerprint density at radius 2 is 1.89 bits per heavy atom. The molecule has 96 valence electrons. The van der Waals surface area contributed by atoms with Crippen molar-refractivity contribution >= 4 is 49.1 Å². The zero-order valence-electron chi connectivity index (χ0n) is 9.78. The first kappa shape index (κ1) is 12.7. The Morgan fingerprint density at radius 1 is 1.11 bits per heavy atom. The predicted octanol–water partition coefficient (Wildman–Crippen LogP) is 4.32. The summed E-state index contributed by atoms with van der Waals surface area (Å²) in [7, 11) is 0. The minimum atomic E-state index is -0.359. The smallest absolute Gasteiger partial charge is 0.251 e. The summed E-state index contributed by atoms with van der Waals surface area (Å²) in [6, 6.07) is 13.2. The number of halogens is 2. The second kappa shape index (κ2) is 4.98. The molecule has 5 heteroatoms. The number of anilines is 2. The SMILES string of the molecule is O=C1Nc2cc(Br)ccc2C1Nc1ccccc1Br. The lowest BCUT2D eigenvalue weighted by Gasteiger charge is -2.14. The van der Waals surface area contributed by atoms with Crippen LogP contribution in [0.4, 0.5) is 11.4 Å². The summed E-state index contributed by atoms with van der Waals surface area (Å²) in [4.78, 5) is 12.1. The molecule has 0 aromatic heterocycles. The number of hydrogen-bond acceptors (Lipinski definition) is 2. The molecule has 1 atom stereocenters. The summed E-state index contributed by atoms with van der Waals surface area (Å²) in [5, 5.41) is 6.14. The van der Waals surface area contributed by atoms with E-state index < -0.39 is 0 Å². The molecule has 1 unspecified atom stereocenters. The van der Waals surface area contributed by atoms with Crippen LogP contribution >= 0.6 is 31.9 Å². The fourth-order valence-corrected chi connectivity index (χ4v) is 2.87. The van der Waals surface area contributed by atoms with Crippen LogP contribution in [0.3, 0.4) is 0 Å². The minimum Gasteiger partial charge on any atom is -0.369 e. The van der Waals surface area contributed by atoms with Crippen LogP contribution in [0.25, 0.3) is 0 Å². The van der Waals surface area contributed by atoms with Crippen molar-refractivity contribution in [3.8, 4) is 0 Å². The molecule has 1 amide bonds. The molecular weight excluding hydrogens is 372 g/mol. The number of rotatable bonds is 2. The second-order valence-corrected chi connectivity index (χ2v) is 6.05. The molecule has 3 nitrogen and oxygen atoms in total. The maximum absolute atomic E-state index is 12.1. The fourth-order valence-electron chi connectivity index (χ4n) is 2.11. The van der Waals surface area contributed by atoms with E-state index >= 15 is 0 Å². The fraction of sp³-hybridized carbons (Fsp3) is 0.0714. The molecule has 2 aromatic rings. The minimum absolute atomic E-state index is 0.0381. The summed E-state index contributed by atoms with van der Waals surface area (Å²) in [5.41, 5.74) is 2.71. The Kier molecular flexibility index (Phi) is 3.33. The molecule has 0 bridgehead atoms. The van der Waals surface area contributed by atoms with Gasteiger partial charge in [-0.3, -0.25) is 4.79 Å². The van der Waals surface area contributed by atoms with E-state index in [0.717, 1.165) is 25.9 Å². The molecular formula is C14H10Br2N2O. The van der Waals surface area contributed by atoms with Gasteiger partial charge in [-0.15, -0.1) is 0 Å². The van der Waals surface area contributed by atoms with Crippen LogP contribution in [0.5, 0.6) is 0 Å². The van der Waals surface area contributed by atoms with E-state index in [2.05, 4.69) is 42.5 Å². The van der Waals surface area contributed by atoms with E-state index in [4.69, 9.17) is 0 Å². The maximum atomic E-state index is 12.1. The van der Waals surface area contributed by atoms with Gasteiger partial charge in [-0.1, -0.05) is 34.1 Å². The lowest BCUT2D eigenvalue weighted by atomic mass is 10.1. The van der Waals surface area contributed by atoms with Gasteiger partial charge in [0.25, 0.3) is 5.91 Å². The molecule has 1 aliphatic rings. The number of nitrogens with one attached hydrogen (secondary N) is 2. The standard InChI is InChI=1S/C14H10Br2N2O/c15-8-5-6-9-12(7-8)18-14(19)13(9)17-11-4-2-1-3-10(11)16/h1-7,13,17H,(H,18,19). The number of para-hydroxylation sites is 1. The van der Waals surface area contributed by atoms with Crippen molar-refractivity contribution in [3.63, 3.8) is 0 Å². The molecule has 3 rings (SSSR count). The van der Waals surface area contributed by atoms with Crippen molar-refractivity contribution in [1.82, 2.24) is 0 Å². The normalized spacial score (nSPS) is 16.9. The first-order chi connectivity index (χ1) is 9.15.